The first kappa shape index (κ1) is 24.0. The molecule has 12 nitrogen and oxygen atoms in total. The largest absolute Gasteiger partial charge is 0.480 e. The molecule has 0 saturated heterocycles. The first-order valence-corrected chi connectivity index (χ1v) is 9.08. The Hall–Kier alpha value is -2.99. The zero-order chi connectivity index (χ0) is 22.0. The van der Waals surface area contributed by atoms with Crippen molar-refractivity contribution in [3.05, 3.63) is 18.2 Å². The number of hydrogen-bond donors (Lipinski definition) is 7. The van der Waals surface area contributed by atoms with Gasteiger partial charge in [0, 0.05) is 18.3 Å². The van der Waals surface area contributed by atoms with E-state index in [4.69, 9.17) is 10.8 Å². The Labute approximate surface area is 167 Å². The number of carboxylic acids is 1. The van der Waals surface area contributed by atoms with Crippen molar-refractivity contribution >= 4 is 23.7 Å². The van der Waals surface area contributed by atoms with Crippen molar-refractivity contribution in [3.8, 4) is 0 Å². The molecule has 29 heavy (non-hydrogen) atoms. The number of aliphatic hydroxyl groups is 1. The van der Waals surface area contributed by atoms with Crippen LogP contribution in [0.25, 0.3) is 0 Å². The summed E-state index contributed by atoms with van der Waals surface area (Å²) in [4.78, 5) is 53.9. The first-order valence-electron chi connectivity index (χ1n) is 9.08. The van der Waals surface area contributed by atoms with Crippen LogP contribution in [0.15, 0.2) is 12.5 Å². The van der Waals surface area contributed by atoms with Gasteiger partial charge in [0.05, 0.1) is 25.5 Å². The zero-order valence-electron chi connectivity index (χ0n) is 16.3. The van der Waals surface area contributed by atoms with Crippen molar-refractivity contribution in [2.45, 2.75) is 44.8 Å². The molecule has 0 aliphatic heterocycles. The van der Waals surface area contributed by atoms with Crippen molar-refractivity contribution in [3.63, 3.8) is 0 Å². The summed E-state index contributed by atoms with van der Waals surface area (Å²) in [5.74, 6) is -3.36. The van der Waals surface area contributed by atoms with Gasteiger partial charge in [0.1, 0.15) is 12.1 Å². The minimum Gasteiger partial charge on any atom is -0.480 e. The molecule has 0 aliphatic carbocycles. The number of amides is 3. The fourth-order valence-electron chi connectivity index (χ4n) is 2.43. The van der Waals surface area contributed by atoms with Crippen LogP contribution in [0.3, 0.4) is 0 Å². The molecule has 1 rings (SSSR count). The van der Waals surface area contributed by atoms with Gasteiger partial charge < -0.3 is 36.9 Å². The lowest BCUT2D eigenvalue weighted by Gasteiger charge is -2.21. The number of imidazole rings is 1. The van der Waals surface area contributed by atoms with Crippen LogP contribution in [0.2, 0.25) is 0 Å². The highest BCUT2D eigenvalue weighted by Crippen LogP contribution is 2.05. The van der Waals surface area contributed by atoms with E-state index in [1.807, 2.05) is 0 Å². The Morgan fingerprint density at radius 2 is 1.86 bits per heavy atom. The summed E-state index contributed by atoms with van der Waals surface area (Å²) >= 11 is 0. The van der Waals surface area contributed by atoms with Crippen molar-refractivity contribution < 1.29 is 29.4 Å². The number of aromatic amines is 1. The van der Waals surface area contributed by atoms with E-state index < -0.39 is 55.0 Å². The molecule has 8 N–H and O–H groups in total. The van der Waals surface area contributed by atoms with E-state index in [2.05, 4.69) is 25.9 Å². The Kier molecular flexibility index (Phi) is 9.75. The maximum atomic E-state index is 12.2. The third-order valence-corrected chi connectivity index (χ3v) is 3.91. The fourth-order valence-corrected chi connectivity index (χ4v) is 2.43. The van der Waals surface area contributed by atoms with E-state index in [-0.39, 0.29) is 18.8 Å². The Bertz CT molecular complexity index is 693. The number of carbonyl (C=O) groups excluding carboxylic acids is 3. The third-order valence-electron chi connectivity index (χ3n) is 3.91. The molecule has 1 aromatic heterocycles. The molecule has 3 amide bonds. The average Bonchev–Trinajstić information content (AvgIpc) is 3.15. The highest BCUT2D eigenvalue weighted by Gasteiger charge is 2.27. The maximum Gasteiger partial charge on any atom is 0.326 e. The minimum atomic E-state index is -1.35. The van der Waals surface area contributed by atoms with Crippen LogP contribution in [0, 0.1) is 5.92 Å². The van der Waals surface area contributed by atoms with Crippen LogP contribution in [0.1, 0.15) is 26.0 Å². The number of rotatable bonds is 12. The van der Waals surface area contributed by atoms with Crippen LogP contribution in [-0.2, 0) is 25.6 Å². The molecule has 162 valence electrons. The predicted molar refractivity (Wildman–Crippen MR) is 101 cm³/mol. The van der Waals surface area contributed by atoms with Crippen molar-refractivity contribution in [2.75, 3.05) is 13.2 Å². The van der Waals surface area contributed by atoms with Gasteiger partial charge in [-0.25, -0.2) is 9.78 Å². The smallest absolute Gasteiger partial charge is 0.326 e. The van der Waals surface area contributed by atoms with E-state index in [1.165, 1.54) is 12.5 Å². The Balaban J connectivity index is 2.49. The zero-order valence-corrected chi connectivity index (χ0v) is 16.3. The molecule has 0 saturated carbocycles. The lowest BCUT2D eigenvalue weighted by atomic mass is 10.0. The molecule has 0 bridgehead atoms. The predicted octanol–water partition coefficient (Wildman–Crippen LogP) is -2.51. The van der Waals surface area contributed by atoms with Crippen LogP contribution in [0.4, 0.5) is 0 Å². The summed E-state index contributed by atoms with van der Waals surface area (Å²) in [6.07, 6.45) is 3.36. The monoisotopic (exact) mass is 412 g/mol. The molecule has 0 radical (unpaired) electrons. The summed E-state index contributed by atoms with van der Waals surface area (Å²) in [6.45, 7) is 2.40. The molecule has 0 spiro atoms. The van der Waals surface area contributed by atoms with Gasteiger partial charge in [-0.05, 0) is 12.3 Å². The lowest BCUT2D eigenvalue weighted by Crippen LogP contribution is -2.55. The van der Waals surface area contributed by atoms with E-state index >= 15 is 0 Å². The first-order chi connectivity index (χ1) is 13.6. The Morgan fingerprint density at radius 1 is 1.17 bits per heavy atom. The standard InChI is InChI=1S/C17H28N6O6/c1-9(2)3-12(17(28)29)23-16(27)13(7-24)22-14(25)6-20-15(26)11(18)4-10-5-19-8-21-10/h5,8-9,11-13,24H,3-4,6-7,18H2,1-2H3,(H,19,21)(H,20,26)(H,22,25)(H,23,27)(H,28,29). The number of aromatic nitrogens is 2. The number of nitrogens with two attached hydrogens (primary N) is 1. The molecular formula is C17H28N6O6. The number of H-pyrrole nitrogens is 1. The van der Waals surface area contributed by atoms with Gasteiger partial charge in [0.25, 0.3) is 0 Å². The summed E-state index contributed by atoms with van der Waals surface area (Å²) in [7, 11) is 0. The number of carboxylic acid groups (broad SMARTS) is 1. The highest BCUT2D eigenvalue weighted by molar-refractivity contribution is 5.92. The third kappa shape index (κ3) is 8.70. The number of aliphatic hydroxyl groups excluding tert-OH is 1. The molecule has 12 heteroatoms. The SMILES string of the molecule is CC(C)CC(NC(=O)C(CO)NC(=O)CNC(=O)C(N)Cc1cnc[nH]1)C(=O)O. The second-order valence-corrected chi connectivity index (χ2v) is 6.94. The summed E-state index contributed by atoms with van der Waals surface area (Å²) in [5, 5.41) is 25.4. The van der Waals surface area contributed by atoms with E-state index in [0.717, 1.165) is 0 Å². The van der Waals surface area contributed by atoms with Crippen molar-refractivity contribution in [2.24, 2.45) is 11.7 Å². The number of carbonyl (C=O) groups is 4. The summed E-state index contributed by atoms with van der Waals surface area (Å²) in [6, 6.07) is -3.41. The molecule has 0 aromatic carbocycles. The van der Waals surface area contributed by atoms with E-state index in [1.54, 1.807) is 13.8 Å². The molecule has 0 fully saturated rings. The summed E-state index contributed by atoms with van der Waals surface area (Å²) < 4.78 is 0. The second kappa shape index (κ2) is 11.8. The topological polar surface area (TPSA) is 200 Å². The van der Waals surface area contributed by atoms with Crippen LogP contribution in [-0.4, -0.2) is 75.1 Å². The van der Waals surface area contributed by atoms with Gasteiger partial charge in [-0.1, -0.05) is 13.8 Å². The number of nitrogens with zero attached hydrogens (tertiary/aromatic N) is 1. The molecule has 1 aromatic rings. The van der Waals surface area contributed by atoms with Gasteiger partial charge in [0.15, 0.2) is 0 Å². The quantitative estimate of drug-likeness (QED) is 0.195. The highest BCUT2D eigenvalue weighted by atomic mass is 16.4. The molecule has 3 atom stereocenters. The average molecular weight is 412 g/mol. The molecule has 0 aliphatic rings. The van der Waals surface area contributed by atoms with E-state index in [0.29, 0.717) is 5.69 Å². The molecule has 1 heterocycles. The van der Waals surface area contributed by atoms with Gasteiger partial charge >= 0.3 is 5.97 Å². The van der Waals surface area contributed by atoms with Crippen LogP contribution < -0.4 is 21.7 Å². The summed E-state index contributed by atoms with van der Waals surface area (Å²) in [5.41, 5.74) is 6.40. The number of hydrogen-bond acceptors (Lipinski definition) is 7. The van der Waals surface area contributed by atoms with Gasteiger partial charge in [0.2, 0.25) is 17.7 Å². The van der Waals surface area contributed by atoms with Gasteiger partial charge in [-0.3, -0.25) is 14.4 Å². The number of aliphatic carboxylic acids is 1. The minimum absolute atomic E-state index is 0.0137. The second-order valence-electron chi connectivity index (χ2n) is 6.94. The number of nitrogens with one attached hydrogen (secondary N) is 4. The normalized spacial score (nSPS) is 14.0. The molecule has 3 unspecified atom stereocenters. The van der Waals surface area contributed by atoms with Crippen LogP contribution >= 0.6 is 0 Å². The van der Waals surface area contributed by atoms with Gasteiger partial charge in [-0.2, -0.15) is 0 Å². The fraction of sp³-hybridized carbons (Fsp3) is 0.588. The van der Waals surface area contributed by atoms with Crippen LogP contribution in [0.5, 0.6) is 0 Å². The molecular weight excluding hydrogens is 384 g/mol. The maximum absolute atomic E-state index is 12.2. The van der Waals surface area contributed by atoms with Gasteiger partial charge in [-0.15, -0.1) is 0 Å². The van der Waals surface area contributed by atoms with E-state index in [9.17, 15) is 24.3 Å². The van der Waals surface area contributed by atoms with Crippen molar-refractivity contribution in [1.82, 2.24) is 25.9 Å². The lowest BCUT2D eigenvalue weighted by molar-refractivity contribution is -0.143. The van der Waals surface area contributed by atoms with Crippen molar-refractivity contribution in [1.29, 1.82) is 0 Å². The Morgan fingerprint density at radius 3 is 2.38 bits per heavy atom.